The summed E-state index contributed by atoms with van der Waals surface area (Å²) in [6.07, 6.45) is -0.830. The van der Waals surface area contributed by atoms with Crippen LogP contribution in [-0.2, 0) is 0 Å². The summed E-state index contributed by atoms with van der Waals surface area (Å²) in [5.41, 5.74) is 3.37. The van der Waals surface area contributed by atoms with E-state index in [2.05, 4.69) is 5.32 Å². The molecule has 0 saturated carbocycles. The van der Waals surface area contributed by atoms with Gasteiger partial charge in [-0.2, -0.15) is 0 Å². The van der Waals surface area contributed by atoms with Gasteiger partial charge in [0.1, 0.15) is 13.2 Å². The molecule has 1 unspecified atom stereocenters. The molecule has 3 aromatic carbocycles. The Bertz CT molecular complexity index is 954. The van der Waals surface area contributed by atoms with Gasteiger partial charge >= 0.3 is 0 Å². The standard InChI is InChI=1S/C23H21NO4/c25-20(19-10-11-21-22(14-19)28-13-12-27-21)15-24-23(26)18-8-6-17(7-9-18)16-4-2-1-3-5-16/h1-11,14,20,25H,12-13,15H2,(H,24,26). The Morgan fingerprint density at radius 3 is 2.32 bits per heavy atom. The first kappa shape index (κ1) is 18.1. The van der Waals surface area contributed by atoms with E-state index >= 15 is 0 Å². The Kier molecular flexibility index (Phi) is 5.26. The van der Waals surface area contributed by atoms with Crippen molar-refractivity contribution in [3.8, 4) is 22.6 Å². The van der Waals surface area contributed by atoms with Gasteiger partial charge in [-0.15, -0.1) is 0 Å². The molecule has 1 amide bonds. The number of hydrogen-bond donors (Lipinski definition) is 2. The molecule has 0 spiro atoms. The number of carbonyl (C=O) groups excluding carboxylic acids is 1. The molecule has 1 heterocycles. The Hall–Kier alpha value is -3.31. The summed E-state index contributed by atoms with van der Waals surface area (Å²) in [4.78, 5) is 12.4. The molecule has 5 nitrogen and oxygen atoms in total. The summed E-state index contributed by atoms with van der Waals surface area (Å²) in [5, 5.41) is 13.2. The fourth-order valence-electron chi connectivity index (χ4n) is 3.12. The number of nitrogens with one attached hydrogen (secondary N) is 1. The van der Waals surface area contributed by atoms with E-state index < -0.39 is 6.10 Å². The average Bonchev–Trinajstić information content (AvgIpc) is 2.77. The van der Waals surface area contributed by atoms with Gasteiger partial charge in [-0.05, 0) is 41.0 Å². The van der Waals surface area contributed by atoms with Gasteiger partial charge in [0, 0.05) is 12.1 Å². The highest BCUT2D eigenvalue weighted by Gasteiger charge is 2.16. The zero-order valence-corrected chi connectivity index (χ0v) is 15.3. The number of aliphatic hydroxyl groups excluding tert-OH is 1. The molecule has 1 aliphatic heterocycles. The van der Waals surface area contributed by atoms with Crippen LogP contribution in [0.15, 0.2) is 72.8 Å². The number of hydrogen-bond acceptors (Lipinski definition) is 4. The van der Waals surface area contributed by atoms with Crippen LogP contribution in [0.1, 0.15) is 22.0 Å². The van der Waals surface area contributed by atoms with E-state index in [0.717, 1.165) is 11.1 Å². The lowest BCUT2D eigenvalue weighted by Crippen LogP contribution is -2.28. The van der Waals surface area contributed by atoms with Crippen molar-refractivity contribution in [1.82, 2.24) is 5.32 Å². The number of ether oxygens (including phenoxy) is 2. The Balaban J connectivity index is 1.37. The van der Waals surface area contributed by atoms with Gasteiger partial charge in [0.05, 0.1) is 6.10 Å². The van der Waals surface area contributed by atoms with Gasteiger partial charge in [0.25, 0.3) is 5.91 Å². The first-order valence-electron chi connectivity index (χ1n) is 9.22. The van der Waals surface area contributed by atoms with E-state index in [1.807, 2.05) is 42.5 Å². The summed E-state index contributed by atoms with van der Waals surface area (Å²) in [7, 11) is 0. The molecule has 0 fully saturated rings. The van der Waals surface area contributed by atoms with Crippen LogP contribution in [-0.4, -0.2) is 30.8 Å². The molecule has 0 bridgehead atoms. The summed E-state index contributed by atoms with van der Waals surface area (Å²) in [5.74, 6) is 1.06. The fourth-order valence-corrected chi connectivity index (χ4v) is 3.12. The van der Waals surface area contributed by atoms with E-state index in [0.29, 0.717) is 35.8 Å². The van der Waals surface area contributed by atoms with Crippen LogP contribution in [0.25, 0.3) is 11.1 Å². The van der Waals surface area contributed by atoms with Crippen LogP contribution in [0.4, 0.5) is 0 Å². The topological polar surface area (TPSA) is 67.8 Å². The lowest BCUT2D eigenvalue weighted by molar-refractivity contribution is 0.0916. The molecule has 2 N–H and O–H groups in total. The molecule has 0 aromatic heterocycles. The molecule has 3 aromatic rings. The smallest absolute Gasteiger partial charge is 0.251 e. The molecule has 1 atom stereocenters. The predicted molar refractivity (Wildman–Crippen MR) is 107 cm³/mol. The molecular formula is C23H21NO4. The maximum absolute atomic E-state index is 12.4. The SMILES string of the molecule is O=C(NCC(O)c1ccc2c(c1)OCCO2)c1ccc(-c2ccccc2)cc1. The van der Waals surface area contributed by atoms with Crippen molar-refractivity contribution >= 4 is 5.91 Å². The van der Waals surface area contributed by atoms with Crippen LogP contribution in [0, 0.1) is 0 Å². The van der Waals surface area contributed by atoms with Crippen molar-refractivity contribution < 1.29 is 19.4 Å². The highest BCUT2D eigenvalue weighted by molar-refractivity contribution is 5.94. The largest absolute Gasteiger partial charge is 0.486 e. The lowest BCUT2D eigenvalue weighted by Gasteiger charge is -2.20. The van der Waals surface area contributed by atoms with E-state index in [4.69, 9.17) is 9.47 Å². The van der Waals surface area contributed by atoms with Gasteiger partial charge in [-0.25, -0.2) is 0 Å². The molecule has 5 heteroatoms. The maximum atomic E-state index is 12.4. The van der Waals surface area contributed by atoms with Crippen LogP contribution in [0.2, 0.25) is 0 Å². The average molecular weight is 375 g/mol. The second kappa shape index (κ2) is 8.15. The zero-order chi connectivity index (χ0) is 19.3. The van der Waals surface area contributed by atoms with Gasteiger partial charge in [0.2, 0.25) is 0 Å². The molecule has 0 aliphatic carbocycles. The van der Waals surface area contributed by atoms with Crippen molar-refractivity contribution in [2.24, 2.45) is 0 Å². The van der Waals surface area contributed by atoms with Crippen molar-refractivity contribution in [2.45, 2.75) is 6.10 Å². The van der Waals surface area contributed by atoms with E-state index in [1.165, 1.54) is 0 Å². The fraction of sp³-hybridized carbons (Fsp3) is 0.174. The molecule has 4 rings (SSSR count). The van der Waals surface area contributed by atoms with Gasteiger partial charge < -0.3 is 19.9 Å². The molecule has 0 radical (unpaired) electrons. The lowest BCUT2D eigenvalue weighted by atomic mass is 10.0. The number of amides is 1. The summed E-state index contributed by atoms with van der Waals surface area (Å²) >= 11 is 0. The summed E-state index contributed by atoms with van der Waals surface area (Å²) in [6, 6.07) is 22.7. The third kappa shape index (κ3) is 4.00. The zero-order valence-electron chi connectivity index (χ0n) is 15.3. The van der Waals surface area contributed by atoms with E-state index in [1.54, 1.807) is 30.3 Å². The molecule has 1 aliphatic rings. The molecular weight excluding hydrogens is 354 g/mol. The molecule has 0 saturated heterocycles. The Morgan fingerprint density at radius 1 is 0.893 bits per heavy atom. The second-order valence-corrected chi connectivity index (χ2v) is 6.57. The third-order valence-corrected chi connectivity index (χ3v) is 4.66. The molecule has 142 valence electrons. The summed E-state index contributed by atoms with van der Waals surface area (Å²) in [6.45, 7) is 1.12. The number of carbonyl (C=O) groups is 1. The van der Waals surface area contributed by atoms with Crippen LogP contribution in [0.5, 0.6) is 11.5 Å². The highest BCUT2D eigenvalue weighted by atomic mass is 16.6. The predicted octanol–water partition coefficient (Wildman–Crippen LogP) is 3.59. The van der Waals surface area contributed by atoms with Gasteiger partial charge in [-0.1, -0.05) is 48.5 Å². The van der Waals surface area contributed by atoms with Crippen molar-refractivity contribution in [3.63, 3.8) is 0 Å². The van der Waals surface area contributed by atoms with E-state index in [-0.39, 0.29) is 12.5 Å². The number of rotatable bonds is 5. The molecule has 28 heavy (non-hydrogen) atoms. The van der Waals surface area contributed by atoms with Crippen LogP contribution < -0.4 is 14.8 Å². The van der Waals surface area contributed by atoms with E-state index in [9.17, 15) is 9.90 Å². The van der Waals surface area contributed by atoms with Crippen molar-refractivity contribution in [3.05, 3.63) is 83.9 Å². The first-order valence-corrected chi connectivity index (χ1v) is 9.22. The van der Waals surface area contributed by atoms with Crippen molar-refractivity contribution in [2.75, 3.05) is 19.8 Å². The first-order chi connectivity index (χ1) is 13.7. The number of benzene rings is 3. The van der Waals surface area contributed by atoms with Gasteiger partial charge in [-0.3, -0.25) is 4.79 Å². The Morgan fingerprint density at radius 2 is 1.57 bits per heavy atom. The summed E-state index contributed by atoms with van der Waals surface area (Å²) < 4.78 is 11.0. The highest BCUT2D eigenvalue weighted by Crippen LogP contribution is 2.32. The monoisotopic (exact) mass is 375 g/mol. The minimum absolute atomic E-state index is 0.110. The Labute approximate surface area is 163 Å². The second-order valence-electron chi connectivity index (χ2n) is 6.57. The number of aliphatic hydroxyl groups is 1. The van der Waals surface area contributed by atoms with Crippen LogP contribution >= 0.6 is 0 Å². The minimum atomic E-state index is -0.830. The maximum Gasteiger partial charge on any atom is 0.251 e. The van der Waals surface area contributed by atoms with Gasteiger partial charge in [0.15, 0.2) is 11.5 Å². The van der Waals surface area contributed by atoms with Crippen LogP contribution in [0.3, 0.4) is 0 Å². The minimum Gasteiger partial charge on any atom is -0.486 e. The number of fused-ring (bicyclic) bond motifs is 1. The quantitative estimate of drug-likeness (QED) is 0.715. The van der Waals surface area contributed by atoms with Crippen molar-refractivity contribution in [1.29, 1.82) is 0 Å². The third-order valence-electron chi connectivity index (χ3n) is 4.66. The normalized spacial score (nSPS) is 13.6.